The molecule has 3 atom stereocenters. The molecule has 6 nitrogen and oxygen atoms in total. The molecule has 0 bridgehead atoms. The maximum absolute atomic E-state index is 14.7. The quantitative estimate of drug-likeness (QED) is 0.188. The number of pyridine rings is 1. The van der Waals surface area contributed by atoms with E-state index in [-0.39, 0.29) is 21.0 Å². The van der Waals surface area contributed by atoms with Crippen LogP contribution < -0.4 is 20.4 Å². The molecule has 1 aromatic carbocycles. The van der Waals surface area contributed by atoms with Gasteiger partial charge in [0.2, 0.25) is 0 Å². The van der Waals surface area contributed by atoms with Crippen LogP contribution in [0.25, 0.3) is 11.2 Å². The van der Waals surface area contributed by atoms with Crippen molar-refractivity contribution < 1.29 is 4.39 Å². The Hall–Kier alpha value is -2.98. The third-order valence-corrected chi connectivity index (χ3v) is 9.51. The molecule has 220 valence electrons. The molecule has 1 aliphatic rings. The maximum atomic E-state index is 14.7. The molecule has 1 fully saturated rings. The molecular weight excluding hydrogens is 578 g/mol. The number of hydrogen-bond acceptors (Lipinski definition) is 5. The zero-order valence-corrected chi connectivity index (χ0v) is 26.9. The number of piperidine rings is 1. The topological polar surface area (TPSA) is 56.6 Å². The summed E-state index contributed by atoms with van der Waals surface area (Å²) in [6.45, 7) is 12.8. The number of aryl methyl sites for hydroxylation is 1. The second-order valence-corrected chi connectivity index (χ2v) is 12.5. The zero-order valence-electron chi connectivity index (χ0n) is 25.2. The number of anilines is 2. The molecule has 41 heavy (non-hydrogen) atoms. The van der Waals surface area contributed by atoms with Crippen molar-refractivity contribution in [2.75, 3.05) is 37.3 Å². The molecule has 2 aromatic heterocycles. The first-order valence-corrected chi connectivity index (χ1v) is 17.4. The summed E-state index contributed by atoms with van der Waals surface area (Å²) in [5.41, 5.74) is 6.31. The van der Waals surface area contributed by atoms with Gasteiger partial charge in [0.1, 0.15) is 0 Å². The molecular formula is C33H45FN6Se. The van der Waals surface area contributed by atoms with Gasteiger partial charge in [-0.05, 0) is 12.8 Å². The van der Waals surface area contributed by atoms with E-state index in [1.54, 1.807) is 0 Å². The molecule has 3 unspecified atom stereocenters. The monoisotopic (exact) mass is 624 g/mol. The molecule has 3 N–H and O–H groups in total. The summed E-state index contributed by atoms with van der Waals surface area (Å²) in [5.74, 6) is 9.61. The van der Waals surface area contributed by atoms with Crippen molar-refractivity contribution in [1.82, 2.24) is 19.8 Å². The Morgan fingerprint density at radius 3 is 2.78 bits per heavy atom. The summed E-state index contributed by atoms with van der Waals surface area (Å²) in [6.07, 6.45) is 4.18. The first kappa shape index (κ1) is 31.0. The van der Waals surface area contributed by atoms with E-state index in [0.717, 1.165) is 72.6 Å². The predicted molar refractivity (Wildman–Crippen MR) is 173 cm³/mol. The Morgan fingerprint density at radius 2 is 2.07 bits per heavy atom. The number of rotatable bonds is 12. The number of halogens is 1. The van der Waals surface area contributed by atoms with Crippen LogP contribution in [-0.2, 0) is 6.42 Å². The Bertz CT molecular complexity index is 1390. The van der Waals surface area contributed by atoms with Crippen molar-refractivity contribution >= 4 is 42.1 Å². The molecule has 0 amide bonds. The molecule has 3 aromatic rings. The number of alkyl halides is 1. The van der Waals surface area contributed by atoms with E-state index in [2.05, 4.69) is 85.2 Å². The van der Waals surface area contributed by atoms with E-state index in [4.69, 9.17) is 5.10 Å². The summed E-state index contributed by atoms with van der Waals surface area (Å²) in [5, 5.41) is 15.4. The molecule has 3 heterocycles. The van der Waals surface area contributed by atoms with Crippen LogP contribution in [0.1, 0.15) is 63.3 Å². The van der Waals surface area contributed by atoms with Crippen molar-refractivity contribution in [3.63, 3.8) is 0 Å². The Balaban J connectivity index is 1.46. The molecule has 1 saturated heterocycles. The average Bonchev–Trinajstić information content (AvgIpc) is 3.34. The summed E-state index contributed by atoms with van der Waals surface area (Å²) in [7, 11) is 1.97. The molecule has 1 aliphatic heterocycles. The number of nitrogens with one attached hydrogen (secondary N) is 3. The Kier molecular flexibility index (Phi) is 11.2. The van der Waals surface area contributed by atoms with E-state index >= 15 is 0 Å². The number of fused-ring (bicyclic) bond motifs is 1. The standard InChI is InChI=1S/C33H45FN6Se/c1-7-12-26(9-3)36-23(4)25-16-17-28(24(8-2)21-25)35-19-11-13-30-33(41-6)31-14-10-15-32(40(31)38-30)37-29-18-20-39(5)22-27(29)34/h10,14-17,21,26-27,29,35-37H,4,7-9,12,18-20,22H2,1-3,5-6H3. The van der Waals surface area contributed by atoms with E-state index < -0.39 is 6.17 Å². The van der Waals surface area contributed by atoms with Gasteiger partial charge in [-0.1, -0.05) is 20.3 Å². The van der Waals surface area contributed by atoms with Gasteiger partial charge in [-0.3, -0.25) is 0 Å². The van der Waals surface area contributed by atoms with Crippen LogP contribution in [0, 0.1) is 11.8 Å². The summed E-state index contributed by atoms with van der Waals surface area (Å²) < 4.78 is 17.8. The van der Waals surface area contributed by atoms with Gasteiger partial charge in [0.25, 0.3) is 0 Å². The second-order valence-electron chi connectivity index (χ2n) is 10.8. The van der Waals surface area contributed by atoms with Crippen molar-refractivity contribution in [2.24, 2.45) is 0 Å². The number of aromatic nitrogens is 2. The fourth-order valence-corrected chi connectivity index (χ4v) is 6.78. The van der Waals surface area contributed by atoms with Gasteiger partial charge in [-0.25, -0.2) is 0 Å². The van der Waals surface area contributed by atoms with Crippen LogP contribution in [-0.4, -0.2) is 74.4 Å². The molecule has 0 aliphatic carbocycles. The number of hydrogen-bond donors (Lipinski definition) is 3. The fraction of sp³-hybridized carbons (Fsp3) is 0.485. The number of nitrogens with zero attached hydrogens (tertiary/aromatic N) is 3. The van der Waals surface area contributed by atoms with Gasteiger partial charge in [0.05, 0.1) is 0 Å². The second kappa shape index (κ2) is 14.8. The molecule has 0 spiro atoms. The van der Waals surface area contributed by atoms with Gasteiger partial charge in [-0.2, -0.15) is 0 Å². The van der Waals surface area contributed by atoms with Gasteiger partial charge in [-0.15, -0.1) is 0 Å². The van der Waals surface area contributed by atoms with E-state index in [9.17, 15) is 4.39 Å². The Labute approximate surface area is 251 Å². The minimum absolute atomic E-state index is 0.212. The van der Waals surface area contributed by atoms with Crippen molar-refractivity contribution in [1.29, 1.82) is 0 Å². The van der Waals surface area contributed by atoms with Gasteiger partial charge in [0, 0.05) is 6.04 Å². The fourth-order valence-electron chi connectivity index (χ4n) is 5.42. The van der Waals surface area contributed by atoms with E-state index in [1.165, 1.54) is 10.0 Å². The molecule has 8 heteroatoms. The Morgan fingerprint density at radius 1 is 1.24 bits per heavy atom. The SMILES string of the molecule is C=C(NC(CC)CCC)c1ccc(NCC#Cc2nn3c(NC4CCN(C)CC4F)cccc3c2[Se]C)c(CC)c1. The van der Waals surface area contributed by atoms with Crippen molar-refractivity contribution in [3.05, 3.63) is 59.8 Å². The normalized spacial score (nSPS) is 18.0. The van der Waals surface area contributed by atoms with E-state index in [0.29, 0.717) is 19.1 Å². The number of likely N-dealkylation sites (tertiary alicyclic amines) is 1. The van der Waals surface area contributed by atoms with Crippen LogP contribution >= 0.6 is 0 Å². The summed E-state index contributed by atoms with van der Waals surface area (Å²) >= 11 is 0.212. The molecule has 0 radical (unpaired) electrons. The molecule has 0 saturated carbocycles. The third-order valence-electron chi connectivity index (χ3n) is 7.81. The van der Waals surface area contributed by atoms with Crippen LogP contribution in [0.5, 0.6) is 0 Å². The summed E-state index contributed by atoms with van der Waals surface area (Å²) in [6, 6.07) is 12.8. The van der Waals surface area contributed by atoms with Crippen LogP contribution in [0.15, 0.2) is 43.0 Å². The number of benzene rings is 1. The van der Waals surface area contributed by atoms with Crippen LogP contribution in [0.2, 0.25) is 5.82 Å². The molecule has 4 rings (SSSR count). The first-order valence-electron chi connectivity index (χ1n) is 14.8. The van der Waals surface area contributed by atoms with Gasteiger partial charge < -0.3 is 0 Å². The van der Waals surface area contributed by atoms with Crippen molar-refractivity contribution in [2.45, 2.75) is 77.0 Å². The van der Waals surface area contributed by atoms with Gasteiger partial charge in [0.15, 0.2) is 0 Å². The summed E-state index contributed by atoms with van der Waals surface area (Å²) in [4.78, 5) is 2.04. The minimum atomic E-state index is -0.912. The third kappa shape index (κ3) is 7.65. The first-order chi connectivity index (χ1) is 19.9. The van der Waals surface area contributed by atoms with Crippen molar-refractivity contribution in [3.8, 4) is 11.8 Å². The van der Waals surface area contributed by atoms with Crippen LogP contribution in [0.4, 0.5) is 15.9 Å². The van der Waals surface area contributed by atoms with E-state index in [1.807, 2.05) is 28.6 Å². The average molecular weight is 624 g/mol. The zero-order chi connectivity index (χ0) is 29.4. The van der Waals surface area contributed by atoms with Crippen LogP contribution in [0.3, 0.4) is 0 Å². The predicted octanol–water partition coefficient (Wildman–Crippen LogP) is 5.33. The van der Waals surface area contributed by atoms with Gasteiger partial charge >= 0.3 is 213 Å².